The van der Waals surface area contributed by atoms with E-state index in [1.54, 1.807) is 48.5 Å². The molecule has 2 aromatic rings. The zero-order valence-corrected chi connectivity index (χ0v) is 17.2. The molecule has 0 spiro atoms. The van der Waals surface area contributed by atoms with E-state index in [-0.39, 0.29) is 34.1 Å². The van der Waals surface area contributed by atoms with E-state index in [1.807, 2.05) is 13.8 Å². The van der Waals surface area contributed by atoms with Crippen molar-refractivity contribution in [1.29, 1.82) is 5.26 Å². The van der Waals surface area contributed by atoms with Gasteiger partial charge in [0.05, 0.1) is 17.2 Å². The molecule has 0 N–H and O–H groups in total. The van der Waals surface area contributed by atoms with Gasteiger partial charge in [-0.3, -0.25) is 14.4 Å². The third-order valence-electron chi connectivity index (χ3n) is 6.19. The minimum absolute atomic E-state index is 0.0225. The lowest BCUT2D eigenvalue weighted by molar-refractivity contribution is -0.119. The highest BCUT2D eigenvalue weighted by atomic mass is 16.5. The first-order chi connectivity index (χ1) is 14.8. The average Bonchev–Trinajstić information content (AvgIpc) is 2.75. The Morgan fingerprint density at radius 2 is 1.55 bits per heavy atom. The fourth-order valence-corrected chi connectivity index (χ4v) is 4.86. The Morgan fingerprint density at radius 3 is 2.26 bits per heavy atom. The Hall–Kier alpha value is -3.78. The molecule has 5 heteroatoms. The predicted octanol–water partition coefficient (Wildman–Crippen LogP) is 4.65. The number of hydrogen-bond acceptors (Lipinski definition) is 5. The first-order valence-corrected chi connectivity index (χ1v) is 10.2. The van der Waals surface area contributed by atoms with Gasteiger partial charge in [-0.1, -0.05) is 56.3 Å². The van der Waals surface area contributed by atoms with Crippen LogP contribution in [0.5, 0.6) is 0 Å². The molecule has 31 heavy (non-hydrogen) atoms. The van der Waals surface area contributed by atoms with E-state index in [2.05, 4.69) is 6.07 Å². The number of carbonyl (C=O) groups excluding carboxylic acids is 3. The molecule has 5 rings (SSSR count). The van der Waals surface area contributed by atoms with E-state index in [9.17, 15) is 19.6 Å². The predicted molar refractivity (Wildman–Crippen MR) is 112 cm³/mol. The van der Waals surface area contributed by atoms with Gasteiger partial charge in [0.15, 0.2) is 17.3 Å². The molecule has 0 aromatic heterocycles. The van der Waals surface area contributed by atoms with Crippen molar-refractivity contribution in [2.75, 3.05) is 0 Å². The molecule has 2 aromatic carbocycles. The van der Waals surface area contributed by atoms with Gasteiger partial charge in [0, 0.05) is 35.5 Å². The second kappa shape index (κ2) is 6.61. The number of benzene rings is 2. The van der Waals surface area contributed by atoms with E-state index >= 15 is 0 Å². The summed E-state index contributed by atoms with van der Waals surface area (Å²) in [5, 5.41) is 9.72. The van der Waals surface area contributed by atoms with Gasteiger partial charge in [0.25, 0.3) is 0 Å². The Kier molecular flexibility index (Phi) is 4.10. The summed E-state index contributed by atoms with van der Waals surface area (Å²) >= 11 is 0. The fraction of sp³-hybridized carbons (Fsp3) is 0.231. The summed E-state index contributed by atoms with van der Waals surface area (Å²) in [5.74, 6) is -1.22. The second-order valence-electron chi connectivity index (χ2n) is 8.96. The molecule has 152 valence electrons. The SMILES string of the molecule is CC1(C)CC(=O)C2=C(C1)OC1=C(C(=O)c3ccccc3C1=O)C2c1ccccc1C#N. The number of nitriles is 1. The summed E-state index contributed by atoms with van der Waals surface area (Å²) < 4.78 is 6.05. The number of fused-ring (bicyclic) bond motifs is 1. The van der Waals surface area contributed by atoms with Crippen molar-refractivity contribution in [1.82, 2.24) is 0 Å². The van der Waals surface area contributed by atoms with Gasteiger partial charge in [-0.25, -0.2) is 0 Å². The number of rotatable bonds is 1. The number of nitrogens with zero attached hydrogens (tertiary/aromatic N) is 1. The molecule has 1 atom stereocenters. The van der Waals surface area contributed by atoms with Gasteiger partial charge in [-0.2, -0.15) is 5.26 Å². The molecular weight excluding hydrogens is 390 g/mol. The van der Waals surface area contributed by atoms with Crippen LogP contribution in [0.2, 0.25) is 0 Å². The zero-order chi connectivity index (χ0) is 21.9. The summed E-state index contributed by atoms with van der Waals surface area (Å²) in [7, 11) is 0. The number of Topliss-reactive ketones (excluding diaryl/α,β-unsaturated/α-hetero) is 3. The van der Waals surface area contributed by atoms with Crippen molar-refractivity contribution in [3.63, 3.8) is 0 Å². The summed E-state index contributed by atoms with van der Waals surface area (Å²) in [4.78, 5) is 40.2. The topological polar surface area (TPSA) is 84.2 Å². The van der Waals surface area contributed by atoms with Crippen molar-refractivity contribution in [2.45, 2.75) is 32.6 Å². The maximum absolute atomic E-state index is 13.6. The normalized spacial score (nSPS) is 21.7. The maximum Gasteiger partial charge on any atom is 0.229 e. The van der Waals surface area contributed by atoms with E-state index < -0.39 is 5.92 Å². The van der Waals surface area contributed by atoms with Crippen molar-refractivity contribution < 1.29 is 19.1 Å². The van der Waals surface area contributed by atoms with Crippen LogP contribution in [0, 0.1) is 16.7 Å². The molecular formula is C26H19NO4. The third-order valence-corrected chi connectivity index (χ3v) is 6.19. The Bertz CT molecular complexity index is 1300. The van der Waals surface area contributed by atoms with Gasteiger partial charge in [0.2, 0.25) is 5.78 Å². The van der Waals surface area contributed by atoms with Crippen LogP contribution in [-0.4, -0.2) is 17.3 Å². The summed E-state index contributed by atoms with van der Waals surface area (Å²) in [6.07, 6.45) is 0.779. The molecule has 5 nitrogen and oxygen atoms in total. The van der Waals surface area contributed by atoms with E-state index in [1.165, 1.54) is 0 Å². The molecule has 0 fully saturated rings. The first kappa shape index (κ1) is 19.2. The average molecular weight is 409 g/mol. The standard InChI is InChI=1S/C26H19NO4/c1-26(2)11-18(28)21-19(12-26)31-25-22(20(21)15-8-4-3-7-14(15)13-27)23(29)16-9-5-6-10-17(16)24(25)30/h3-10,20H,11-12H2,1-2H3. The highest BCUT2D eigenvalue weighted by molar-refractivity contribution is 6.27. The number of allylic oxidation sites excluding steroid dienone is 4. The van der Waals surface area contributed by atoms with Crippen LogP contribution in [0.4, 0.5) is 0 Å². The number of hydrogen-bond donors (Lipinski definition) is 0. The smallest absolute Gasteiger partial charge is 0.229 e. The van der Waals surface area contributed by atoms with Crippen LogP contribution >= 0.6 is 0 Å². The monoisotopic (exact) mass is 409 g/mol. The minimum Gasteiger partial charge on any atom is -0.457 e. The van der Waals surface area contributed by atoms with Crippen LogP contribution in [0.3, 0.4) is 0 Å². The van der Waals surface area contributed by atoms with Crippen molar-refractivity contribution in [2.24, 2.45) is 5.41 Å². The number of ketones is 3. The van der Waals surface area contributed by atoms with E-state index in [4.69, 9.17) is 4.74 Å². The Morgan fingerprint density at radius 1 is 0.903 bits per heavy atom. The number of carbonyl (C=O) groups is 3. The lowest BCUT2D eigenvalue weighted by Gasteiger charge is -2.40. The lowest BCUT2D eigenvalue weighted by Crippen LogP contribution is -2.37. The molecule has 0 amide bonds. The highest BCUT2D eigenvalue weighted by Gasteiger charge is 2.48. The summed E-state index contributed by atoms with van der Waals surface area (Å²) in [6.45, 7) is 3.95. The highest BCUT2D eigenvalue weighted by Crippen LogP contribution is 2.51. The molecule has 2 aliphatic carbocycles. The van der Waals surface area contributed by atoms with Crippen LogP contribution in [-0.2, 0) is 9.53 Å². The van der Waals surface area contributed by atoms with Crippen molar-refractivity contribution >= 4 is 17.3 Å². The molecule has 0 saturated heterocycles. The fourth-order valence-electron chi connectivity index (χ4n) is 4.86. The van der Waals surface area contributed by atoms with E-state index in [0.29, 0.717) is 46.4 Å². The van der Waals surface area contributed by atoms with Gasteiger partial charge >= 0.3 is 0 Å². The van der Waals surface area contributed by atoms with Gasteiger partial charge < -0.3 is 4.74 Å². The van der Waals surface area contributed by atoms with Crippen LogP contribution in [0.15, 0.2) is 71.2 Å². The van der Waals surface area contributed by atoms with E-state index in [0.717, 1.165) is 0 Å². The summed E-state index contributed by atoms with van der Waals surface area (Å²) in [5.41, 5.74) is 1.71. The molecule has 1 heterocycles. The molecule has 0 radical (unpaired) electrons. The molecule has 3 aliphatic rings. The second-order valence-corrected chi connectivity index (χ2v) is 8.96. The lowest BCUT2D eigenvalue weighted by atomic mass is 9.67. The molecule has 0 saturated carbocycles. The Labute approximate surface area is 179 Å². The molecule has 0 bridgehead atoms. The Balaban J connectivity index is 1.81. The van der Waals surface area contributed by atoms with Gasteiger partial charge in [-0.15, -0.1) is 0 Å². The zero-order valence-electron chi connectivity index (χ0n) is 17.2. The van der Waals surface area contributed by atoms with Gasteiger partial charge in [0.1, 0.15) is 5.76 Å². The third kappa shape index (κ3) is 2.79. The van der Waals surface area contributed by atoms with Crippen LogP contribution in [0.25, 0.3) is 0 Å². The quantitative estimate of drug-likeness (QED) is 0.685. The molecule has 1 unspecified atom stereocenters. The van der Waals surface area contributed by atoms with Gasteiger partial charge in [-0.05, 0) is 17.0 Å². The molecule has 1 aliphatic heterocycles. The first-order valence-electron chi connectivity index (χ1n) is 10.2. The van der Waals surface area contributed by atoms with Crippen molar-refractivity contribution in [3.05, 3.63) is 93.4 Å². The van der Waals surface area contributed by atoms with Crippen molar-refractivity contribution in [3.8, 4) is 6.07 Å². The minimum atomic E-state index is -0.803. The van der Waals surface area contributed by atoms with Crippen LogP contribution in [0.1, 0.15) is 64.4 Å². The summed E-state index contributed by atoms with van der Waals surface area (Å²) in [6, 6.07) is 15.7. The largest absolute Gasteiger partial charge is 0.457 e. The maximum atomic E-state index is 13.6. The van der Waals surface area contributed by atoms with Crippen LogP contribution < -0.4 is 0 Å². The number of ether oxygens (including phenoxy) is 1.